The molecule has 1 aliphatic rings. The molecule has 2 rings (SSSR count). The molecular weight excluding hydrogens is 268 g/mol. The van der Waals surface area contributed by atoms with E-state index in [2.05, 4.69) is 49.0 Å². The largest absolute Gasteiger partial charge is 0.370 e. The van der Waals surface area contributed by atoms with Gasteiger partial charge in [0.1, 0.15) is 17.5 Å². The number of rotatable bonds is 5. The van der Waals surface area contributed by atoms with Crippen LogP contribution >= 0.6 is 11.8 Å². The normalized spacial score (nSPS) is 18.1. The van der Waals surface area contributed by atoms with Crippen molar-refractivity contribution in [1.82, 2.24) is 9.97 Å². The van der Waals surface area contributed by atoms with Gasteiger partial charge in [-0.25, -0.2) is 9.97 Å². The molecular formula is C15H26N4S. The maximum Gasteiger partial charge on any atom is 0.134 e. The molecule has 5 heteroatoms. The lowest BCUT2D eigenvalue weighted by molar-refractivity contribution is 0.639. The molecule has 0 unspecified atom stereocenters. The van der Waals surface area contributed by atoms with Crippen LogP contribution in [0.1, 0.15) is 39.9 Å². The minimum Gasteiger partial charge on any atom is -0.370 e. The molecule has 0 aromatic carbocycles. The lowest BCUT2D eigenvalue weighted by atomic mass is 10.2. The lowest BCUT2D eigenvalue weighted by Crippen LogP contribution is -2.43. The van der Waals surface area contributed by atoms with E-state index in [-0.39, 0.29) is 0 Å². The molecule has 0 atom stereocenters. The van der Waals surface area contributed by atoms with E-state index in [9.17, 15) is 0 Å². The number of aromatic nitrogens is 2. The average Bonchev–Trinajstić information content (AvgIpc) is 2.38. The van der Waals surface area contributed by atoms with Crippen LogP contribution in [-0.4, -0.2) is 40.1 Å². The van der Waals surface area contributed by atoms with Crippen LogP contribution < -0.4 is 10.2 Å². The molecule has 0 amide bonds. The Morgan fingerprint density at radius 3 is 2.80 bits per heavy atom. The van der Waals surface area contributed by atoms with Crippen LogP contribution in [0.25, 0.3) is 0 Å². The van der Waals surface area contributed by atoms with Gasteiger partial charge < -0.3 is 10.2 Å². The van der Waals surface area contributed by atoms with Gasteiger partial charge >= 0.3 is 0 Å². The van der Waals surface area contributed by atoms with Gasteiger partial charge in [-0.1, -0.05) is 6.92 Å². The van der Waals surface area contributed by atoms with Crippen LogP contribution in [0.4, 0.5) is 11.6 Å². The summed E-state index contributed by atoms with van der Waals surface area (Å²) in [4.78, 5) is 11.8. The second-order valence-electron chi connectivity index (χ2n) is 5.84. The molecule has 1 fully saturated rings. The fourth-order valence-corrected chi connectivity index (χ4v) is 3.58. The smallest absolute Gasteiger partial charge is 0.134 e. The molecule has 112 valence electrons. The Bertz CT molecular complexity index is 423. The Balaban J connectivity index is 2.24. The van der Waals surface area contributed by atoms with E-state index in [1.807, 2.05) is 11.8 Å². The van der Waals surface area contributed by atoms with Crippen LogP contribution in [0, 0.1) is 0 Å². The van der Waals surface area contributed by atoms with Crippen LogP contribution in [0.2, 0.25) is 0 Å². The molecule has 0 radical (unpaired) electrons. The average molecular weight is 294 g/mol. The highest BCUT2D eigenvalue weighted by molar-refractivity contribution is 8.00. The van der Waals surface area contributed by atoms with Crippen molar-refractivity contribution in [3.8, 4) is 0 Å². The summed E-state index contributed by atoms with van der Waals surface area (Å²) in [6.45, 7) is 11.9. The summed E-state index contributed by atoms with van der Waals surface area (Å²) < 4.78 is 0.298. The Morgan fingerprint density at radius 2 is 2.15 bits per heavy atom. The first kappa shape index (κ1) is 15.4. The first-order chi connectivity index (χ1) is 9.54. The Kier molecular flexibility index (Phi) is 5.13. The number of nitrogens with zero attached hydrogens (tertiary/aromatic N) is 3. The molecule has 0 bridgehead atoms. The Hall–Kier alpha value is -0.970. The molecule has 1 saturated heterocycles. The van der Waals surface area contributed by atoms with Crippen LogP contribution in [-0.2, 0) is 6.42 Å². The fourth-order valence-electron chi connectivity index (χ4n) is 2.46. The molecule has 1 aliphatic heterocycles. The third-order valence-corrected chi connectivity index (χ3v) is 4.64. The zero-order valence-corrected chi connectivity index (χ0v) is 13.9. The zero-order chi connectivity index (χ0) is 14.6. The summed E-state index contributed by atoms with van der Waals surface area (Å²) >= 11 is 2.05. The third-order valence-electron chi connectivity index (χ3n) is 3.34. The lowest BCUT2D eigenvalue weighted by Gasteiger charge is -2.38. The van der Waals surface area contributed by atoms with E-state index in [0.717, 1.165) is 55.7 Å². The molecule has 20 heavy (non-hydrogen) atoms. The second-order valence-corrected chi connectivity index (χ2v) is 7.64. The number of anilines is 2. The quantitative estimate of drug-likeness (QED) is 0.903. The molecule has 0 aliphatic carbocycles. The van der Waals surface area contributed by atoms with Gasteiger partial charge in [-0.15, -0.1) is 0 Å². The van der Waals surface area contributed by atoms with Gasteiger partial charge in [-0.3, -0.25) is 0 Å². The number of hydrogen-bond acceptors (Lipinski definition) is 5. The van der Waals surface area contributed by atoms with Gasteiger partial charge in [-0.2, -0.15) is 11.8 Å². The van der Waals surface area contributed by atoms with E-state index >= 15 is 0 Å². The summed E-state index contributed by atoms with van der Waals surface area (Å²) in [5.74, 6) is 4.15. The number of thioether (sulfide) groups is 1. The monoisotopic (exact) mass is 294 g/mol. The minimum atomic E-state index is 0.298. The van der Waals surface area contributed by atoms with Gasteiger partial charge in [0, 0.05) is 42.6 Å². The van der Waals surface area contributed by atoms with Gasteiger partial charge in [0.15, 0.2) is 0 Å². The Morgan fingerprint density at radius 1 is 1.35 bits per heavy atom. The van der Waals surface area contributed by atoms with Crippen molar-refractivity contribution >= 4 is 23.4 Å². The number of nitrogens with one attached hydrogen (secondary N) is 1. The van der Waals surface area contributed by atoms with Crippen LogP contribution in [0.3, 0.4) is 0 Å². The number of aryl methyl sites for hydroxylation is 1. The van der Waals surface area contributed by atoms with Crippen molar-refractivity contribution < 1.29 is 0 Å². The highest BCUT2D eigenvalue weighted by atomic mass is 32.2. The highest BCUT2D eigenvalue weighted by Crippen LogP contribution is 2.32. The molecule has 1 aromatic heterocycles. The van der Waals surface area contributed by atoms with Crippen molar-refractivity contribution in [2.45, 2.75) is 45.3 Å². The number of hydrogen-bond donors (Lipinski definition) is 1. The predicted octanol–water partition coefficient (Wildman–Crippen LogP) is 3.19. The SMILES string of the molecule is CCCc1nc(NCC)cc(N2CCSC(C)(C)C2)n1. The third kappa shape index (κ3) is 4.01. The van der Waals surface area contributed by atoms with Gasteiger partial charge in [0.2, 0.25) is 0 Å². The van der Waals surface area contributed by atoms with E-state index < -0.39 is 0 Å². The summed E-state index contributed by atoms with van der Waals surface area (Å²) in [6, 6.07) is 2.09. The maximum atomic E-state index is 4.76. The molecule has 0 spiro atoms. The fraction of sp³-hybridized carbons (Fsp3) is 0.733. The van der Waals surface area contributed by atoms with Crippen molar-refractivity contribution in [1.29, 1.82) is 0 Å². The van der Waals surface area contributed by atoms with Crippen molar-refractivity contribution in [3.05, 3.63) is 11.9 Å². The first-order valence-electron chi connectivity index (χ1n) is 7.55. The topological polar surface area (TPSA) is 41.1 Å². The standard InChI is InChI=1S/C15H26N4S/c1-5-7-12-17-13(16-6-2)10-14(18-12)19-8-9-20-15(3,4)11-19/h10H,5-9,11H2,1-4H3,(H,16,17,18). The minimum absolute atomic E-state index is 0.298. The molecule has 1 N–H and O–H groups in total. The van der Waals surface area contributed by atoms with E-state index in [4.69, 9.17) is 4.98 Å². The zero-order valence-electron chi connectivity index (χ0n) is 13.1. The van der Waals surface area contributed by atoms with E-state index in [1.54, 1.807) is 0 Å². The second kappa shape index (κ2) is 6.66. The van der Waals surface area contributed by atoms with Gasteiger partial charge in [-0.05, 0) is 27.2 Å². The Labute approximate surface area is 126 Å². The van der Waals surface area contributed by atoms with Crippen LogP contribution in [0.15, 0.2) is 6.07 Å². The first-order valence-corrected chi connectivity index (χ1v) is 8.53. The summed E-state index contributed by atoms with van der Waals surface area (Å²) in [7, 11) is 0. The summed E-state index contributed by atoms with van der Waals surface area (Å²) in [5.41, 5.74) is 0. The van der Waals surface area contributed by atoms with Gasteiger partial charge in [0.25, 0.3) is 0 Å². The van der Waals surface area contributed by atoms with E-state index in [1.165, 1.54) is 0 Å². The summed E-state index contributed by atoms with van der Waals surface area (Å²) in [5, 5.41) is 3.32. The van der Waals surface area contributed by atoms with Crippen molar-refractivity contribution in [2.24, 2.45) is 0 Å². The summed E-state index contributed by atoms with van der Waals surface area (Å²) in [6.07, 6.45) is 2.02. The van der Waals surface area contributed by atoms with Crippen molar-refractivity contribution in [2.75, 3.05) is 35.6 Å². The van der Waals surface area contributed by atoms with Gasteiger partial charge in [0.05, 0.1) is 0 Å². The highest BCUT2D eigenvalue weighted by Gasteiger charge is 2.28. The molecule has 2 heterocycles. The predicted molar refractivity (Wildman–Crippen MR) is 88.9 cm³/mol. The van der Waals surface area contributed by atoms with Crippen LogP contribution in [0.5, 0.6) is 0 Å². The molecule has 0 saturated carbocycles. The van der Waals surface area contributed by atoms with E-state index in [0.29, 0.717) is 4.75 Å². The molecule has 1 aromatic rings. The van der Waals surface area contributed by atoms with Crippen molar-refractivity contribution in [3.63, 3.8) is 0 Å². The maximum absolute atomic E-state index is 4.76. The molecule has 4 nitrogen and oxygen atoms in total.